The van der Waals surface area contributed by atoms with Crippen molar-refractivity contribution in [3.05, 3.63) is 61.6 Å². The van der Waals surface area contributed by atoms with Gasteiger partial charge in [0.15, 0.2) is 0 Å². The third-order valence-electron chi connectivity index (χ3n) is 2.52. The molecule has 0 heterocycles. The summed E-state index contributed by atoms with van der Waals surface area (Å²) < 4.78 is 6.00. The molecule has 8 heteroatoms. The van der Waals surface area contributed by atoms with E-state index < -0.39 is 10.9 Å². The van der Waals surface area contributed by atoms with Crippen molar-refractivity contribution in [3.63, 3.8) is 0 Å². The molecular weight excluding hydrogens is 366 g/mol. The van der Waals surface area contributed by atoms with Gasteiger partial charge in [0.1, 0.15) is 11.5 Å². The smallest absolute Gasteiger partial charge is 0.335 e. The van der Waals surface area contributed by atoms with Crippen LogP contribution in [0, 0.1) is 10.1 Å². The van der Waals surface area contributed by atoms with Crippen LogP contribution < -0.4 is 4.74 Å². The number of ether oxygens (including phenoxy) is 1. The van der Waals surface area contributed by atoms with Gasteiger partial charge in [0.2, 0.25) is 0 Å². The Hall–Kier alpha value is -2.12. The summed E-state index contributed by atoms with van der Waals surface area (Å²) in [6, 6.07) is 8.00. The first kappa shape index (κ1) is 15.3. The van der Waals surface area contributed by atoms with Crippen LogP contribution >= 0.6 is 27.5 Å². The lowest BCUT2D eigenvalue weighted by molar-refractivity contribution is -0.384. The van der Waals surface area contributed by atoms with E-state index in [9.17, 15) is 14.9 Å². The van der Waals surface area contributed by atoms with Crippen LogP contribution in [-0.4, -0.2) is 16.0 Å². The second-order valence-corrected chi connectivity index (χ2v) is 5.19. The number of non-ortho nitro benzene ring substituents is 1. The van der Waals surface area contributed by atoms with Gasteiger partial charge in [-0.3, -0.25) is 10.1 Å². The van der Waals surface area contributed by atoms with Gasteiger partial charge in [-0.05, 0) is 40.2 Å². The number of nitro benzene ring substituents is 1. The van der Waals surface area contributed by atoms with Crippen molar-refractivity contribution in [2.45, 2.75) is 0 Å². The van der Waals surface area contributed by atoms with Crippen molar-refractivity contribution < 1.29 is 19.6 Å². The molecule has 0 aliphatic carbocycles. The predicted octanol–water partition coefficient (Wildman–Crippen LogP) is 4.50. The van der Waals surface area contributed by atoms with Gasteiger partial charge in [0.05, 0.1) is 26.0 Å². The third-order valence-corrected chi connectivity index (χ3v) is 3.47. The summed E-state index contributed by atoms with van der Waals surface area (Å²) in [6.07, 6.45) is 0. The van der Waals surface area contributed by atoms with Gasteiger partial charge in [0, 0.05) is 6.07 Å². The molecular formula is C13H7BrClNO5. The van der Waals surface area contributed by atoms with Crippen molar-refractivity contribution in [2.75, 3.05) is 0 Å². The fourth-order valence-electron chi connectivity index (χ4n) is 1.52. The summed E-state index contributed by atoms with van der Waals surface area (Å²) in [7, 11) is 0. The highest BCUT2D eigenvalue weighted by molar-refractivity contribution is 9.10. The number of rotatable bonds is 4. The number of hydrogen-bond acceptors (Lipinski definition) is 4. The van der Waals surface area contributed by atoms with Crippen molar-refractivity contribution in [1.82, 2.24) is 0 Å². The van der Waals surface area contributed by atoms with Crippen molar-refractivity contribution in [2.24, 2.45) is 0 Å². The zero-order chi connectivity index (χ0) is 15.6. The molecule has 0 unspecified atom stereocenters. The van der Waals surface area contributed by atoms with Crippen LogP contribution in [0.4, 0.5) is 5.69 Å². The normalized spacial score (nSPS) is 10.2. The summed E-state index contributed by atoms with van der Waals surface area (Å²) in [5.41, 5.74) is -0.114. The van der Waals surface area contributed by atoms with Gasteiger partial charge in [-0.2, -0.15) is 0 Å². The maximum atomic E-state index is 10.8. The largest absolute Gasteiger partial charge is 0.478 e. The molecule has 2 aromatic rings. The molecule has 0 aliphatic heterocycles. The number of carbonyl (C=O) groups is 1. The molecule has 0 bridgehead atoms. The van der Waals surface area contributed by atoms with Gasteiger partial charge in [-0.1, -0.05) is 11.6 Å². The van der Waals surface area contributed by atoms with E-state index in [0.717, 1.165) is 0 Å². The molecule has 108 valence electrons. The fourth-order valence-corrected chi connectivity index (χ4v) is 2.07. The molecule has 0 atom stereocenters. The molecule has 2 aromatic carbocycles. The van der Waals surface area contributed by atoms with Crippen LogP contribution in [0.25, 0.3) is 0 Å². The number of hydrogen-bond donors (Lipinski definition) is 1. The molecule has 0 saturated heterocycles. The van der Waals surface area contributed by atoms with Gasteiger partial charge >= 0.3 is 5.97 Å². The molecule has 6 nitrogen and oxygen atoms in total. The van der Waals surface area contributed by atoms with E-state index in [1.807, 2.05) is 0 Å². The Morgan fingerprint density at radius 1 is 1.24 bits per heavy atom. The summed E-state index contributed by atoms with van der Waals surface area (Å²) in [6.45, 7) is 0. The van der Waals surface area contributed by atoms with Crippen LogP contribution in [0.1, 0.15) is 10.4 Å². The molecule has 0 spiro atoms. The van der Waals surface area contributed by atoms with Crippen LogP contribution in [0.3, 0.4) is 0 Å². The van der Waals surface area contributed by atoms with Crippen molar-refractivity contribution >= 4 is 39.2 Å². The SMILES string of the molecule is O=C(O)c1ccc(Oc2cc([N+](=O)[O-])ccc2Br)c(Cl)c1. The Bertz CT molecular complexity index is 734. The number of nitrogens with zero attached hydrogens (tertiary/aromatic N) is 1. The molecule has 2 rings (SSSR count). The highest BCUT2D eigenvalue weighted by Gasteiger charge is 2.14. The molecule has 21 heavy (non-hydrogen) atoms. The molecule has 1 N–H and O–H groups in total. The number of benzene rings is 2. The van der Waals surface area contributed by atoms with Crippen LogP contribution in [0.15, 0.2) is 40.9 Å². The number of carboxylic acids is 1. The average Bonchev–Trinajstić information content (AvgIpc) is 2.42. The minimum absolute atomic E-state index is 0.0189. The first-order valence-electron chi connectivity index (χ1n) is 5.53. The summed E-state index contributed by atoms with van der Waals surface area (Å²) in [5, 5.41) is 19.7. The lowest BCUT2D eigenvalue weighted by atomic mass is 10.2. The van der Waals surface area contributed by atoms with Gasteiger partial charge < -0.3 is 9.84 Å². The third kappa shape index (κ3) is 3.50. The lowest BCUT2D eigenvalue weighted by Gasteiger charge is -2.09. The Morgan fingerprint density at radius 2 is 1.95 bits per heavy atom. The monoisotopic (exact) mass is 371 g/mol. The fraction of sp³-hybridized carbons (Fsp3) is 0. The molecule has 0 saturated carbocycles. The van der Waals surface area contributed by atoms with Gasteiger partial charge in [0.25, 0.3) is 5.69 Å². The van der Waals surface area contributed by atoms with Gasteiger partial charge in [-0.25, -0.2) is 4.79 Å². The Morgan fingerprint density at radius 3 is 2.52 bits per heavy atom. The lowest BCUT2D eigenvalue weighted by Crippen LogP contribution is -1.96. The van der Waals surface area contributed by atoms with Crippen LogP contribution in [-0.2, 0) is 0 Å². The highest BCUT2D eigenvalue weighted by atomic mass is 79.9. The second-order valence-electron chi connectivity index (χ2n) is 3.92. The van der Waals surface area contributed by atoms with Gasteiger partial charge in [-0.15, -0.1) is 0 Å². The molecule has 0 amide bonds. The zero-order valence-electron chi connectivity index (χ0n) is 10.2. The molecule has 0 aromatic heterocycles. The van der Waals surface area contributed by atoms with E-state index in [4.69, 9.17) is 21.4 Å². The number of nitro groups is 1. The minimum atomic E-state index is -1.11. The summed E-state index contributed by atoms with van der Waals surface area (Å²) >= 11 is 9.16. The number of carboxylic acid groups (broad SMARTS) is 1. The minimum Gasteiger partial charge on any atom is -0.478 e. The molecule has 0 radical (unpaired) electrons. The predicted molar refractivity (Wildman–Crippen MR) is 79.3 cm³/mol. The van der Waals surface area contributed by atoms with E-state index in [2.05, 4.69) is 15.9 Å². The maximum Gasteiger partial charge on any atom is 0.335 e. The second kappa shape index (κ2) is 6.11. The Balaban J connectivity index is 2.36. The van der Waals surface area contributed by atoms with E-state index in [1.54, 1.807) is 0 Å². The first-order valence-corrected chi connectivity index (χ1v) is 6.70. The van der Waals surface area contributed by atoms with E-state index in [1.165, 1.54) is 36.4 Å². The highest BCUT2D eigenvalue weighted by Crippen LogP contribution is 2.36. The van der Waals surface area contributed by atoms with E-state index >= 15 is 0 Å². The number of aromatic carboxylic acids is 1. The topological polar surface area (TPSA) is 89.7 Å². The van der Waals surface area contributed by atoms with Crippen LogP contribution in [0.5, 0.6) is 11.5 Å². The summed E-state index contributed by atoms with van der Waals surface area (Å²) in [5.74, 6) is -0.711. The van der Waals surface area contributed by atoms with Crippen LogP contribution in [0.2, 0.25) is 5.02 Å². The van der Waals surface area contributed by atoms with Crippen molar-refractivity contribution in [3.8, 4) is 11.5 Å². The maximum absolute atomic E-state index is 10.8. The Labute approximate surface area is 132 Å². The average molecular weight is 373 g/mol. The van der Waals surface area contributed by atoms with Crippen molar-refractivity contribution in [1.29, 1.82) is 0 Å². The Kier molecular flexibility index (Phi) is 4.44. The number of halogens is 2. The molecule has 0 aliphatic rings. The molecule has 0 fully saturated rings. The van der Waals surface area contributed by atoms with E-state index in [0.29, 0.717) is 4.47 Å². The quantitative estimate of drug-likeness (QED) is 0.630. The first-order chi connectivity index (χ1) is 9.88. The summed E-state index contributed by atoms with van der Waals surface area (Å²) in [4.78, 5) is 21.0. The standard InChI is InChI=1S/C13H7BrClNO5/c14-9-3-2-8(16(19)20)6-12(9)21-11-4-1-7(13(17)18)5-10(11)15/h1-6H,(H,17,18). The zero-order valence-corrected chi connectivity index (χ0v) is 12.6. The van der Waals surface area contributed by atoms with E-state index in [-0.39, 0.29) is 27.8 Å².